The van der Waals surface area contributed by atoms with Gasteiger partial charge in [0.05, 0.1) is 10.4 Å². The normalized spacial score (nSPS) is 10.9. The van der Waals surface area contributed by atoms with E-state index in [2.05, 4.69) is 0 Å². The number of halogens is 4. The highest BCUT2D eigenvalue weighted by Crippen LogP contribution is 2.36. The van der Waals surface area contributed by atoms with Crippen molar-refractivity contribution < 1.29 is 32.6 Å². The van der Waals surface area contributed by atoms with Crippen molar-refractivity contribution in [2.75, 3.05) is 0 Å². The second-order valence-electron chi connectivity index (χ2n) is 5.01. The maximum atomic E-state index is 13.9. The maximum absolute atomic E-state index is 13.9. The highest BCUT2D eigenvalue weighted by molar-refractivity contribution is 7.17. The van der Waals surface area contributed by atoms with Crippen molar-refractivity contribution >= 4 is 17.1 Å². The Morgan fingerprint density at radius 1 is 0.800 bits per heavy atom. The molecule has 0 atom stereocenters. The van der Waals surface area contributed by atoms with Crippen LogP contribution in [0.2, 0.25) is 0 Å². The van der Waals surface area contributed by atoms with Crippen LogP contribution in [0.5, 0.6) is 11.5 Å². The van der Waals surface area contributed by atoms with E-state index in [0.29, 0.717) is 0 Å². The molecule has 25 heavy (non-hydrogen) atoms. The van der Waals surface area contributed by atoms with E-state index in [1.807, 2.05) is 0 Å². The Hall–Kier alpha value is -2.87. The van der Waals surface area contributed by atoms with Crippen molar-refractivity contribution in [1.82, 2.24) is 0 Å². The fourth-order valence-electron chi connectivity index (χ4n) is 2.19. The van der Waals surface area contributed by atoms with E-state index in [9.17, 15) is 32.6 Å². The number of hydrogen-bond donors (Lipinski definition) is 2. The van der Waals surface area contributed by atoms with Crippen LogP contribution in [-0.2, 0) is 0 Å². The van der Waals surface area contributed by atoms with Gasteiger partial charge in [0, 0.05) is 10.4 Å². The van der Waals surface area contributed by atoms with Crippen molar-refractivity contribution in [2.24, 2.45) is 0 Å². The predicted octanol–water partition coefficient (Wildman–Crippen LogP) is 4.61. The lowest BCUT2D eigenvalue weighted by Crippen LogP contribution is -2.03. The number of phenols is 2. The van der Waals surface area contributed by atoms with Gasteiger partial charge in [-0.25, -0.2) is 17.6 Å². The zero-order valence-corrected chi connectivity index (χ0v) is 13.0. The number of carbonyl (C=O) groups is 1. The topological polar surface area (TPSA) is 57.5 Å². The molecule has 0 saturated carbocycles. The highest BCUT2D eigenvalue weighted by atomic mass is 32.1. The third-order valence-corrected chi connectivity index (χ3v) is 4.59. The number of aromatic hydroxyl groups is 2. The van der Waals surface area contributed by atoms with Gasteiger partial charge in [0.25, 0.3) is 0 Å². The number of benzene rings is 2. The van der Waals surface area contributed by atoms with Gasteiger partial charge in [-0.3, -0.25) is 4.79 Å². The minimum Gasteiger partial charge on any atom is -0.503 e. The summed E-state index contributed by atoms with van der Waals surface area (Å²) in [4.78, 5) is 12.5. The SMILES string of the molecule is O=C(c1ccc(-c2ccc(F)c(O)c2F)s1)c1ccc(F)c(O)c1F. The summed E-state index contributed by atoms with van der Waals surface area (Å²) in [7, 11) is 0. The van der Waals surface area contributed by atoms with Gasteiger partial charge >= 0.3 is 0 Å². The predicted molar refractivity (Wildman–Crippen MR) is 82.8 cm³/mol. The summed E-state index contributed by atoms with van der Waals surface area (Å²) in [5.74, 6) is -8.17. The van der Waals surface area contributed by atoms with Crippen LogP contribution in [0, 0.1) is 23.3 Å². The molecular weight excluding hydrogens is 360 g/mol. The van der Waals surface area contributed by atoms with E-state index in [-0.39, 0.29) is 15.3 Å². The molecule has 0 spiro atoms. The molecule has 0 amide bonds. The molecule has 0 bridgehead atoms. The van der Waals surface area contributed by atoms with Crippen molar-refractivity contribution in [3.63, 3.8) is 0 Å². The molecule has 2 aromatic carbocycles. The molecule has 1 heterocycles. The molecule has 0 saturated heterocycles. The molecule has 0 fully saturated rings. The van der Waals surface area contributed by atoms with Gasteiger partial charge in [0.2, 0.25) is 5.78 Å². The summed E-state index contributed by atoms with van der Waals surface area (Å²) < 4.78 is 54.0. The summed E-state index contributed by atoms with van der Waals surface area (Å²) in [5.41, 5.74) is -0.680. The average Bonchev–Trinajstić information content (AvgIpc) is 3.07. The fourth-order valence-corrected chi connectivity index (χ4v) is 3.16. The standard InChI is InChI=1S/C17H8F4O3S/c18-9-3-1-7(13(20)16(9)23)11-5-6-12(25-11)15(22)8-2-4-10(19)17(24)14(8)21/h1-6,23-24H. The minimum absolute atomic E-state index is 0.0110. The van der Waals surface area contributed by atoms with E-state index in [1.54, 1.807) is 0 Å². The van der Waals surface area contributed by atoms with E-state index in [4.69, 9.17) is 0 Å². The largest absolute Gasteiger partial charge is 0.503 e. The zero-order valence-electron chi connectivity index (χ0n) is 12.2. The Morgan fingerprint density at radius 3 is 2.08 bits per heavy atom. The molecule has 3 nitrogen and oxygen atoms in total. The number of rotatable bonds is 3. The first-order chi connectivity index (χ1) is 11.8. The fraction of sp³-hybridized carbons (Fsp3) is 0. The molecule has 0 radical (unpaired) electrons. The molecular formula is C17H8F4O3S. The Morgan fingerprint density at radius 2 is 1.40 bits per heavy atom. The van der Waals surface area contributed by atoms with Crippen LogP contribution >= 0.6 is 11.3 Å². The first-order valence-corrected chi connectivity index (χ1v) is 7.61. The average molecular weight is 368 g/mol. The Labute approximate surface area is 142 Å². The number of hydrogen-bond acceptors (Lipinski definition) is 4. The molecule has 0 aliphatic carbocycles. The van der Waals surface area contributed by atoms with E-state index in [1.165, 1.54) is 12.1 Å². The molecule has 0 unspecified atom stereocenters. The van der Waals surface area contributed by atoms with Crippen LogP contribution < -0.4 is 0 Å². The van der Waals surface area contributed by atoms with Crippen molar-refractivity contribution in [3.05, 3.63) is 70.1 Å². The first kappa shape index (κ1) is 17.0. The Balaban J connectivity index is 2.01. The van der Waals surface area contributed by atoms with E-state index in [0.717, 1.165) is 35.6 Å². The number of thiophene rings is 1. The van der Waals surface area contributed by atoms with Crippen molar-refractivity contribution in [3.8, 4) is 21.9 Å². The summed E-state index contributed by atoms with van der Waals surface area (Å²) >= 11 is 0.771. The number of ketones is 1. The van der Waals surface area contributed by atoms with Gasteiger partial charge in [-0.1, -0.05) is 0 Å². The molecule has 8 heteroatoms. The Kier molecular flexibility index (Phi) is 4.22. The Bertz CT molecular complexity index is 998. The molecule has 128 valence electrons. The van der Waals surface area contributed by atoms with Crippen LogP contribution in [0.1, 0.15) is 15.2 Å². The van der Waals surface area contributed by atoms with Crippen LogP contribution in [-0.4, -0.2) is 16.0 Å². The highest BCUT2D eigenvalue weighted by Gasteiger charge is 2.22. The second-order valence-corrected chi connectivity index (χ2v) is 6.09. The molecule has 3 aromatic rings. The lowest BCUT2D eigenvalue weighted by molar-refractivity contribution is 0.103. The zero-order chi connectivity index (χ0) is 18.3. The number of carbonyl (C=O) groups excluding carboxylic acids is 1. The van der Waals surface area contributed by atoms with E-state index < -0.39 is 46.1 Å². The lowest BCUT2D eigenvalue weighted by atomic mass is 10.1. The molecule has 0 aliphatic rings. The van der Waals surface area contributed by atoms with Crippen molar-refractivity contribution in [2.45, 2.75) is 0 Å². The van der Waals surface area contributed by atoms with Gasteiger partial charge in [-0.05, 0) is 36.4 Å². The third kappa shape index (κ3) is 2.85. The van der Waals surface area contributed by atoms with Crippen LogP contribution in [0.4, 0.5) is 17.6 Å². The second kappa shape index (κ2) is 6.21. The number of phenolic OH excluding ortho intramolecular Hbond substituents is 2. The van der Waals surface area contributed by atoms with Crippen LogP contribution in [0.25, 0.3) is 10.4 Å². The van der Waals surface area contributed by atoms with Gasteiger partial charge < -0.3 is 10.2 Å². The molecule has 2 N–H and O–H groups in total. The van der Waals surface area contributed by atoms with Crippen LogP contribution in [0.15, 0.2) is 36.4 Å². The van der Waals surface area contributed by atoms with Gasteiger partial charge in [0.1, 0.15) is 0 Å². The quantitative estimate of drug-likeness (QED) is 0.524. The minimum atomic E-state index is -1.40. The van der Waals surface area contributed by atoms with Gasteiger partial charge in [-0.15, -0.1) is 11.3 Å². The summed E-state index contributed by atoms with van der Waals surface area (Å²) in [6, 6.07) is 6.21. The molecule has 1 aromatic heterocycles. The summed E-state index contributed by atoms with van der Waals surface area (Å²) in [5, 5.41) is 18.6. The summed E-state index contributed by atoms with van der Waals surface area (Å²) in [6.45, 7) is 0. The van der Waals surface area contributed by atoms with Crippen LogP contribution in [0.3, 0.4) is 0 Å². The van der Waals surface area contributed by atoms with Gasteiger partial charge in [0.15, 0.2) is 34.8 Å². The lowest BCUT2D eigenvalue weighted by Gasteiger charge is -2.04. The maximum Gasteiger partial charge on any atom is 0.206 e. The summed E-state index contributed by atoms with van der Waals surface area (Å²) in [6.07, 6.45) is 0. The van der Waals surface area contributed by atoms with Crippen molar-refractivity contribution in [1.29, 1.82) is 0 Å². The van der Waals surface area contributed by atoms with E-state index >= 15 is 0 Å². The molecule has 0 aliphatic heterocycles. The smallest absolute Gasteiger partial charge is 0.206 e. The monoisotopic (exact) mass is 368 g/mol. The third-order valence-electron chi connectivity index (χ3n) is 3.47. The van der Waals surface area contributed by atoms with Gasteiger partial charge in [-0.2, -0.15) is 0 Å². The molecule has 3 rings (SSSR count). The first-order valence-electron chi connectivity index (χ1n) is 6.80.